The highest BCUT2D eigenvalue weighted by Crippen LogP contribution is 2.08. The van der Waals surface area contributed by atoms with Gasteiger partial charge in [-0.3, -0.25) is 9.79 Å². The van der Waals surface area contributed by atoms with E-state index in [1.54, 1.807) is 0 Å². The van der Waals surface area contributed by atoms with Crippen molar-refractivity contribution in [1.29, 1.82) is 0 Å². The Balaban J connectivity index is 2.22. The lowest BCUT2D eigenvalue weighted by atomic mass is 10.2. The predicted octanol–water partition coefficient (Wildman–Crippen LogP) is 1.60. The van der Waals surface area contributed by atoms with E-state index < -0.39 is 0 Å². The van der Waals surface area contributed by atoms with Crippen LogP contribution in [0.4, 0.5) is 0 Å². The molecule has 0 amide bonds. The molecule has 0 heterocycles. The number of hydrogen-bond acceptors (Lipinski definition) is 3. The van der Waals surface area contributed by atoms with Gasteiger partial charge in [-0.05, 0) is 32.6 Å². The van der Waals surface area contributed by atoms with Gasteiger partial charge in [-0.2, -0.15) is 0 Å². The van der Waals surface area contributed by atoms with Gasteiger partial charge < -0.3 is 15.4 Å². The van der Waals surface area contributed by atoms with Gasteiger partial charge in [0.15, 0.2) is 5.96 Å². The van der Waals surface area contributed by atoms with Crippen LogP contribution in [0.5, 0.6) is 0 Å². The number of nitrogens with zero attached hydrogens (tertiary/aromatic N) is 1. The maximum atomic E-state index is 11.0. The van der Waals surface area contributed by atoms with Crippen LogP contribution in [0, 0.1) is 0 Å². The van der Waals surface area contributed by atoms with Gasteiger partial charge in [-0.25, -0.2) is 0 Å². The minimum absolute atomic E-state index is 0.147. The molecule has 0 aliphatic heterocycles. The number of aliphatic imine (C=N–C) groups is 1. The summed E-state index contributed by atoms with van der Waals surface area (Å²) in [6.45, 7) is 3.64. The zero-order chi connectivity index (χ0) is 13.9. The van der Waals surface area contributed by atoms with E-state index in [-0.39, 0.29) is 5.97 Å². The number of methoxy groups -OCH3 is 1. The number of hydrogen-bond donors (Lipinski definition) is 2. The van der Waals surface area contributed by atoms with Crippen LogP contribution in [0.2, 0.25) is 0 Å². The molecule has 0 aromatic carbocycles. The Bertz CT molecular complexity index is 319. The lowest BCUT2D eigenvalue weighted by Crippen LogP contribution is -2.42. The molecule has 0 saturated carbocycles. The first-order chi connectivity index (χ1) is 9.26. The number of nitrogens with one attached hydrogen (secondary N) is 2. The average Bonchev–Trinajstić information content (AvgIpc) is 2.91. The summed E-state index contributed by atoms with van der Waals surface area (Å²) in [4.78, 5) is 15.5. The van der Waals surface area contributed by atoms with Crippen LogP contribution in [0.25, 0.3) is 0 Å². The van der Waals surface area contributed by atoms with Crippen LogP contribution < -0.4 is 10.6 Å². The molecule has 0 aromatic heterocycles. The number of carbonyl (C=O) groups excluding carboxylic acids is 1. The lowest BCUT2D eigenvalue weighted by molar-refractivity contribution is -0.140. The van der Waals surface area contributed by atoms with E-state index in [1.807, 2.05) is 0 Å². The molecule has 0 fully saturated rings. The summed E-state index contributed by atoms with van der Waals surface area (Å²) < 4.78 is 4.60. The second-order valence-corrected chi connectivity index (χ2v) is 4.58. The molecule has 1 rings (SSSR count). The molecule has 0 atom stereocenters. The van der Waals surface area contributed by atoms with Crippen molar-refractivity contribution in [3.8, 4) is 0 Å². The topological polar surface area (TPSA) is 62.7 Å². The Hall–Kier alpha value is -1.52. The molecule has 5 heteroatoms. The van der Waals surface area contributed by atoms with Crippen LogP contribution in [-0.4, -0.2) is 38.2 Å². The normalized spacial score (nSPS) is 15.6. The van der Waals surface area contributed by atoms with Gasteiger partial charge in [-0.15, -0.1) is 0 Å². The van der Waals surface area contributed by atoms with E-state index in [2.05, 4.69) is 39.4 Å². The quantitative estimate of drug-likeness (QED) is 0.242. The largest absolute Gasteiger partial charge is 0.469 e. The monoisotopic (exact) mass is 267 g/mol. The summed E-state index contributed by atoms with van der Waals surface area (Å²) in [5.74, 6) is 0.723. The Morgan fingerprint density at radius 1 is 1.37 bits per heavy atom. The van der Waals surface area contributed by atoms with Crippen molar-refractivity contribution in [2.45, 2.75) is 45.1 Å². The summed E-state index contributed by atoms with van der Waals surface area (Å²) in [5, 5.41) is 6.65. The smallest absolute Gasteiger partial charge is 0.305 e. The molecule has 0 saturated heterocycles. The number of guanidine groups is 1. The van der Waals surface area contributed by atoms with Crippen molar-refractivity contribution in [1.82, 2.24) is 10.6 Å². The minimum atomic E-state index is -0.147. The molecule has 0 spiro atoms. The van der Waals surface area contributed by atoms with Crippen LogP contribution in [0.3, 0.4) is 0 Å². The van der Waals surface area contributed by atoms with Gasteiger partial charge in [0.25, 0.3) is 0 Å². The van der Waals surface area contributed by atoms with Crippen molar-refractivity contribution >= 4 is 11.9 Å². The molecule has 0 unspecified atom stereocenters. The Morgan fingerprint density at radius 3 is 2.74 bits per heavy atom. The van der Waals surface area contributed by atoms with Crippen molar-refractivity contribution < 1.29 is 9.53 Å². The molecule has 1 aliphatic carbocycles. The number of rotatable bonds is 7. The van der Waals surface area contributed by atoms with Crippen molar-refractivity contribution in [2.75, 3.05) is 20.2 Å². The van der Waals surface area contributed by atoms with E-state index in [0.29, 0.717) is 12.5 Å². The molecular weight excluding hydrogens is 242 g/mol. The first kappa shape index (κ1) is 15.5. The minimum Gasteiger partial charge on any atom is -0.469 e. The van der Waals surface area contributed by atoms with E-state index in [0.717, 1.165) is 44.7 Å². The number of carbonyl (C=O) groups is 1. The van der Waals surface area contributed by atoms with Gasteiger partial charge in [0.2, 0.25) is 0 Å². The first-order valence-electron chi connectivity index (χ1n) is 7.03. The molecule has 5 nitrogen and oxygen atoms in total. The lowest BCUT2D eigenvalue weighted by Gasteiger charge is -2.16. The molecular formula is C14H25N3O2. The molecule has 1 aliphatic rings. The Morgan fingerprint density at radius 2 is 2.11 bits per heavy atom. The van der Waals surface area contributed by atoms with Gasteiger partial charge in [0.05, 0.1) is 7.11 Å². The van der Waals surface area contributed by atoms with Crippen LogP contribution >= 0.6 is 0 Å². The molecule has 2 N–H and O–H groups in total. The average molecular weight is 267 g/mol. The van der Waals surface area contributed by atoms with Crippen LogP contribution in [0.15, 0.2) is 17.1 Å². The molecule has 0 aromatic rings. The summed E-state index contributed by atoms with van der Waals surface area (Å²) in [5.41, 5.74) is 0. The van der Waals surface area contributed by atoms with Crippen LogP contribution in [0.1, 0.15) is 39.0 Å². The zero-order valence-electron chi connectivity index (χ0n) is 11.9. The van der Waals surface area contributed by atoms with E-state index in [9.17, 15) is 4.79 Å². The maximum Gasteiger partial charge on any atom is 0.305 e. The Labute approximate surface area is 115 Å². The van der Waals surface area contributed by atoms with Gasteiger partial charge in [-0.1, -0.05) is 12.2 Å². The highest BCUT2D eigenvalue weighted by Gasteiger charge is 2.11. The first-order valence-corrected chi connectivity index (χ1v) is 7.03. The fraction of sp³-hybridized carbons (Fsp3) is 0.714. The molecule has 19 heavy (non-hydrogen) atoms. The zero-order valence-corrected chi connectivity index (χ0v) is 11.9. The predicted molar refractivity (Wildman–Crippen MR) is 77.1 cm³/mol. The summed E-state index contributed by atoms with van der Waals surface area (Å²) >= 11 is 0. The summed E-state index contributed by atoms with van der Waals surface area (Å²) in [7, 11) is 1.42. The fourth-order valence-electron chi connectivity index (χ4n) is 1.92. The van der Waals surface area contributed by atoms with E-state index in [4.69, 9.17) is 0 Å². The summed E-state index contributed by atoms with van der Waals surface area (Å²) in [6.07, 6.45) is 8.70. The van der Waals surface area contributed by atoms with Crippen molar-refractivity contribution in [3.63, 3.8) is 0 Å². The maximum absolute atomic E-state index is 11.0. The Kier molecular flexibility index (Phi) is 7.70. The van der Waals surface area contributed by atoms with Gasteiger partial charge >= 0.3 is 5.97 Å². The second kappa shape index (κ2) is 9.42. The third-order valence-electron chi connectivity index (χ3n) is 2.98. The second-order valence-electron chi connectivity index (χ2n) is 4.58. The van der Waals surface area contributed by atoms with E-state index in [1.165, 1.54) is 7.11 Å². The van der Waals surface area contributed by atoms with Crippen LogP contribution in [-0.2, 0) is 9.53 Å². The SMILES string of the molecule is CCNC(=NCCCCC(=O)OC)NC1CC=CC1. The number of esters is 1. The number of unbranched alkanes of at least 4 members (excludes halogenated alkanes) is 1. The van der Waals surface area contributed by atoms with Gasteiger partial charge in [0.1, 0.15) is 0 Å². The van der Waals surface area contributed by atoms with E-state index >= 15 is 0 Å². The fourth-order valence-corrected chi connectivity index (χ4v) is 1.92. The highest BCUT2D eigenvalue weighted by molar-refractivity contribution is 5.80. The van der Waals surface area contributed by atoms with Crippen molar-refractivity contribution in [2.24, 2.45) is 4.99 Å². The third-order valence-corrected chi connectivity index (χ3v) is 2.98. The summed E-state index contributed by atoms with van der Waals surface area (Å²) in [6, 6.07) is 0.466. The van der Waals surface area contributed by atoms with Crippen molar-refractivity contribution in [3.05, 3.63) is 12.2 Å². The third kappa shape index (κ3) is 6.84. The van der Waals surface area contributed by atoms with Gasteiger partial charge in [0, 0.05) is 25.6 Å². The molecule has 0 radical (unpaired) electrons. The number of ether oxygens (including phenoxy) is 1. The highest BCUT2D eigenvalue weighted by atomic mass is 16.5. The molecule has 108 valence electrons. The molecule has 0 bridgehead atoms. The standard InChI is InChI=1S/C14H25N3O2/c1-3-15-14(17-12-8-4-5-9-12)16-11-7-6-10-13(18)19-2/h4-5,12H,3,6-11H2,1-2H3,(H2,15,16,17).